The second kappa shape index (κ2) is 6.04. The summed E-state index contributed by atoms with van der Waals surface area (Å²) in [7, 11) is 0. The van der Waals surface area contributed by atoms with Crippen molar-refractivity contribution in [2.24, 2.45) is 5.73 Å². The van der Waals surface area contributed by atoms with Crippen molar-refractivity contribution in [2.75, 3.05) is 31.1 Å². The number of nitrogens with two attached hydrogens (primary N) is 1. The summed E-state index contributed by atoms with van der Waals surface area (Å²) in [6, 6.07) is 7.02. The zero-order chi connectivity index (χ0) is 13.1. The molecule has 1 saturated heterocycles. The van der Waals surface area contributed by atoms with E-state index in [2.05, 4.69) is 57.8 Å². The van der Waals surface area contributed by atoms with Crippen LogP contribution in [0.4, 0.5) is 5.69 Å². The average Bonchev–Trinajstić information content (AvgIpc) is 2.38. The molecule has 0 amide bonds. The molecule has 1 aromatic rings. The van der Waals surface area contributed by atoms with Crippen LogP contribution in [0.3, 0.4) is 0 Å². The maximum atomic E-state index is 5.86. The fourth-order valence-electron chi connectivity index (χ4n) is 2.71. The highest BCUT2D eigenvalue weighted by atomic mass is 79.9. The predicted octanol–water partition coefficient (Wildman–Crippen LogP) is 2.44. The fraction of sp³-hybridized carbons (Fsp3) is 0.571. The Morgan fingerprint density at radius 2 is 2.17 bits per heavy atom. The van der Waals surface area contributed by atoms with Gasteiger partial charge in [0.2, 0.25) is 0 Å². The molecule has 2 rings (SSSR count). The topological polar surface area (TPSA) is 32.5 Å². The number of hydrogen-bond acceptors (Lipinski definition) is 3. The van der Waals surface area contributed by atoms with E-state index in [0.717, 1.165) is 30.7 Å². The maximum absolute atomic E-state index is 5.86. The molecular weight excluding hydrogens is 290 g/mol. The van der Waals surface area contributed by atoms with Gasteiger partial charge in [0.05, 0.1) is 0 Å². The summed E-state index contributed by atoms with van der Waals surface area (Å²) in [6.07, 6.45) is 0. The van der Waals surface area contributed by atoms with Gasteiger partial charge in [0.25, 0.3) is 0 Å². The van der Waals surface area contributed by atoms with Crippen LogP contribution < -0.4 is 10.6 Å². The Morgan fingerprint density at radius 3 is 2.78 bits per heavy atom. The predicted molar refractivity (Wildman–Crippen MR) is 81.0 cm³/mol. The number of rotatable bonds is 3. The van der Waals surface area contributed by atoms with E-state index in [1.165, 1.54) is 11.3 Å². The van der Waals surface area contributed by atoms with Crippen molar-refractivity contribution < 1.29 is 0 Å². The quantitative estimate of drug-likeness (QED) is 0.930. The molecule has 1 heterocycles. The van der Waals surface area contributed by atoms with Crippen LogP contribution in [0, 0.1) is 0 Å². The van der Waals surface area contributed by atoms with E-state index in [0.29, 0.717) is 12.6 Å². The van der Waals surface area contributed by atoms with E-state index in [1.54, 1.807) is 0 Å². The first-order valence-electron chi connectivity index (χ1n) is 6.63. The number of hydrogen-bond donors (Lipinski definition) is 1. The molecule has 2 N–H and O–H groups in total. The number of halogens is 1. The molecule has 1 aliphatic heterocycles. The van der Waals surface area contributed by atoms with Crippen LogP contribution in [-0.2, 0) is 6.54 Å². The van der Waals surface area contributed by atoms with E-state index in [-0.39, 0.29) is 0 Å². The molecule has 4 heteroatoms. The molecule has 100 valence electrons. The molecule has 1 aliphatic rings. The zero-order valence-electron chi connectivity index (χ0n) is 11.2. The third-order valence-electron chi connectivity index (χ3n) is 3.77. The smallest absolute Gasteiger partial charge is 0.0413 e. The molecule has 1 aromatic carbocycles. The minimum absolute atomic E-state index is 0.594. The summed E-state index contributed by atoms with van der Waals surface area (Å²) >= 11 is 3.51. The van der Waals surface area contributed by atoms with Gasteiger partial charge in [-0.2, -0.15) is 0 Å². The molecule has 0 aromatic heterocycles. The number of anilines is 1. The first-order valence-corrected chi connectivity index (χ1v) is 7.42. The molecule has 0 spiro atoms. The Kier molecular flexibility index (Phi) is 4.65. The van der Waals surface area contributed by atoms with Gasteiger partial charge in [-0.1, -0.05) is 22.9 Å². The molecule has 0 saturated carbocycles. The standard InChI is InChI=1S/C14H22BrN3/c1-3-17-6-7-18(10-11(17)2)14-5-4-13(15)8-12(14)9-16/h4-5,8,11H,3,6-7,9-10,16H2,1-2H3. The molecule has 0 radical (unpaired) electrons. The monoisotopic (exact) mass is 311 g/mol. The number of nitrogens with zero attached hydrogens (tertiary/aromatic N) is 2. The summed E-state index contributed by atoms with van der Waals surface area (Å²) < 4.78 is 1.10. The Hall–Kier alpha value is -0.580. The van der Waals surface area contributed by atoms with Crippen LogP contribution in [0.2, 0.25) is 0 Å². The van der Waals surface area contributed by atoms with Crippen molar-refractivity contribution >= 4 is 21.6 Å². The van der Waals surface area contributed by atoms with E-state index < -0.39 is 0 Å². The van der Waals surface area contributed by atoms with Gasteiger partial charge in [-0.3, -0.25) is 4.90 Å². The maximum Gasteiger partial charge on any atom is 0.0413 e. The van der Waals surface area contributed by atoms with E-state index in [4.69, 9.17) is 5.73 Å². The van der Waals surface area contributed by atoms with Gasteiger partial charge in [-0.25, -0.2) is 0 Å². The second-order valence-electron chi connectivity index (χ2n) is 4.90. The number of benzene rings is 1. The van der Waals surface area contributed by atoms with Gasteiger partial charge < -0.3 is 10.6 Å². The minimum Gasteiger partial charge on any atom is -0.368 e. The van der Waals surface area contributed by atoms with Crippen LogP contribution in [0.15, 0.2) is 22.7 Å². The zero-order valence-corrected chi connectivity index (χ0v) is 12.8. The Balaban J connectivity index is 2.17. The average molecular weight is 312 g/mol. The van der Waals surface area contributed by atoms with Crippen LogP contribution in [0.1, 0.15) is 19.4 Å². The highest BCUT2D eigenvalue weighted by Crippen LogP contribution is 2.26. The van der Waals surface area contributed by atoms with Gasteiger partial charge in [0, 0.05) is 42.4 Å². The minimum atomic E-state index is 0.594. The van der Waals surface area contributed by atoms with Gasteiger partial charge in [0.1, 0.15) is 0 Å². The first kappa shape index (κ1) is 13.8. The number of likely N-dealkylation sites (N-methyl/N-ethyl adjacent to an activating group) is 1. The molecular formula is C14H22BrN3. The van der Waals surface area contributed by atoms with Gasteiger partial charge in [0.15, 0.2) is 0 Å². The van der Waals surface area contributed by atoms with Crippen molar-refractivity contribution in [3.05, 3.63) is 28.2 Å². The molecule has 3 nitrogen and oxygen atoms in total. The van der Waals surface area contributed by atoms with Crippen LogP contribution >= 0.6 is 15.9 Å². The summed E-state index contributed by atoms with van der Waals surface area (Å²) in [5, 5.41) is 0. The van der Waals surface area contributed by atoms with Crippen LogP contribution in [0.5, 0.6) is 0 Å². The highest BCUT2D eigenvalue weighted by molar-refractivity contribution is 9.10. The van der Waals surface area contributed by atoms with Crippen molar-refractivity contribution in [1.29, 1.82) is 0 Å². The fourth-order valence-corrected chi connectivity index (χ4v) is 3.12. The van der Waals surface area contributed by atoms with Crippen molar-refractivity contribution in [1.82, 2.24) is 4.90 Å². The lowest BCUT2D eigenvalue weighted by atomic mass is 10.1. The lowest BCUT2D eigenvalue weighted by Crippen LogP contribution is -2.52. The summed E-state index contributed by atoms with van der Waals surface area (Å²) in [6.45, 7) is 9.58. The van der Waals surface area contributed by atoms with Crippen molar-refractivity contribution in [2.45, 2.75) is 26.4 Å². The molecule has 1 unspecified atom stereocenters. The normalized spacial score (nSPS) is 21.3. The molecule has 18 heavy (non-hydrogen) atoms. The van der Waals surface area contributed by atoms with Crippen molar-refractivity contribution in [3.8, 4) is 0 Å². The van der Waals surface area contributed by atoms with E-state index in [1.807, 2.05) is 0 Å². The third-order valence-corrected chi connectivity index (χ3v) is 4.27. The van der Waals surface area contributed by atoms with Crippen LogP contribution in [-0.4, -0.2) is 37.1 Å². The second-order valence-corrected chi connectivity index (χ2v) is 5.82. The SMILES string of the molecule is CCN1CCN(c2ccc(Br)cc2CN)CC1C. The first-order chi connectivity index (χ1) is 8.65. The third kappa shape index (κ3) is 2.87. The van der Waals surface area contributed by atoms with Gasteiger partial charge >= 0.3 is 0 Å². The number of piperazine rings is 1. The lowest BCUT2D eigenvalue weighted by molar-refractivity contribution is 0.199. The lowest BCUT2D eigenvalue weighted by Gasteiger charge is -2.41. The Labute approximate surface area is 118 Å². The molecule has 0 aliphatic carbocycles. The van der Waals surface area contributed by atoms with Gasteiger partial charge in [-0.05, 0) is 37.2 Å². The largest absolute Gasteiger partial charge is 0.368 e. The Morgan fingerprint density at radius 1 is 1.39 bits per heavy atom. The Bertz CT molecular complexity index is 408. The van der Waals surface area contributed by atoms with Crippen LogP contribution in [0.25, 0.3) is 0 Å². The van der Waals surface area contributed by atoms with Crippen molar-refractivity contribution in [3.63, 3.8) is 0 Å². The summed E-state index contributed by atoms with van der Waals surface area (Å²) in [5.74, 6) is 0. The molecule has 1 fully saturated rings. The highest BCUT2D eigenvalue weighted by Gasteiger charge is 2.23. The van der Waals surface area contributed by atoms with E-state index >= 15 is 0 Å². The van der Waals surface area contributed by atoms with Gasteiger partial charge in [-0.15, -0.1) is 0 Å². The molecule has 1 atom stereocenters. The van der Waals surface area contributed by atoms with E-state index in [9.17, 15) is 0 Å². The summed E-state index contributed by atoms with van der Waals surface area (Å²) in [4.78, 5) is 4.99. The molecule has 0 bridgehead atoms. The summed E-state index contributed by atoms with van der Waals surface area (Å²) in [5.41, 5.74) is 8.37.